The van der Waals surface area contributed by atoms with E-state index in [1.807, 2.05) is 0 Å². The fourth-order valence-corrected chi connectivity index (χ4v) is 2.30. The van der Waals surface area contributed by atoms with Crippen molar-refractivity contribution in [2.45, 2.75) is 24.5 Å². The van der Waals surface area contributed by atoms with Crippen LogP contribution in [0.25, 0.3) is 11.2 Å². The topological polar surface area (TPSA) is 149 Å². The molecule has 1 fully saturated rings. The lowest BCUT2D eigenvalue weighted by atomic mass is 10.1. The zero-order chi connectivity index (χ0) is 15.1. The number of anilines is 1. The van der Waals surface area contributed by atoms with E-state index < -0.39 is 31.1 Å². The molecule has 10 nitrogen and oxygen atoms in total. The summed E-state index contributed by atoms with van der Waals surface area (Å²) in [5.74, 6) is 0.127. The maximum absolute atomic E-state index is 10.0. The number of nitrogens with two attached hydrogens (primary N) is 1. The Labute approximate surface area is 118 Å². The quantitative estimate of drug-likeness (QED) is 0.506. The number of hydrogen-bond acceptors (Lipinski definition) is 9. The number of methoxy groups -OCH3 is 1. The van der Waals surface area contributed by atoms with Crippen molar-refractivity contribution in [3.05, 3.63) is 6.33 Å². The number of fused-ring (bicyclic) bond motifs is 1. The standard InChI is InChI=1S/C11H15N5O5/c1-20-11-14-8(12)5-9(15-11)16(3-13-5)10-7(19)6(18)4(2-17)21-10/h3-4,6-7,10,17-19H,2H2,1H3,(H2,12,14,15)/t4-,6?,7+,10-/m1/s1. The molecule has 0 amide bonds. The zero-order valence-electron chi connectivity index (χ0n) is 11.1. The first-order valence-electron chi connectivity index (χ1n) is 6.23. The molecule has 2 aromatic heterocycles. The molecule has 4 atom stereocenters. The van der Waals surface area contributed by atoms with Crippen LogP contribution in [0.2, 0.25) is 0 Å². The maximum atomic E-state index is 10.0. The predicted molar refractivity (Wildman–Crippen MR) is 69.3 cm³/mol. The van der Waals surface area contributed by atoms with Crippen LogP contribution in [0.3, 0.4) is 0 Å². The molecule has 0 saturated carbocycles. The predicted octanol–water partition coefficient (Wildman–Crippen LogP) is -1.97. The fourth-order valence-electron chi connectivity index (χ4n) is 2.30. The Kier molecular flexibility index (Phi) is 3.37. The highest BCUT2D eigenvalue weighted by Gasteiger charge is 2.44. The van der Waals surface area contributed by atoms with Gasteiger partial charge in [0.2, 0.25) is 0 Å². The average molecular weight is 297 g/mol. The molecule has 21 heavy (non-hydrogen) atoms. The summed E-state index contributed by atoms with van der Waals surface area (Å²) in [6.45, 7) is -0.415. The number of nitrogen functional groups attached to an aromatic ring is 1. The Hall–Kier alpha value is -2.01. The first-order chi connectivity index (χ1) is 10.1. The molecule has 0 aromatic carbocycles. The molecule has 2 aromatic rings. The molecule has 0 spiro atoms. The molecular formula is C11H15N5O5. The van der Waals surface area contributed by atoms with Crippen LogP contribution in [-0.4, -0.2) is 66.9 Å². The lowest BCUT2D eigenvalue weighted by Gasteiger charge is -2.16. The zero-order valence-corrected chi connectivity index (χ0v) is 11.1. The Morgan fingerprint density at radius 2 is 2.14 bits per heavy atom. The van der Waals surface area contributed by atoms with Gasteiger partial charge >= 0.3 is 6.01 Å². The van der Waals surface area contributed by atoms with Crippen molar-refractivity contribution in [2.75, 3.05) is 19.5 Å². The smallest absolute Gasteiger partial charge is 0.320 e. The summed E-state index contributed by atoms with van der Waals surface area (Å²) in [5.41, 5.74) is 6.39. The van der Waals surface area contributed by atoms with Gasteiger partial charge in [-0.15, -0.1) is 0 Å². The van der Waals surface area contributed by atoms with Crippen LogP contribution >= 0.6 is 0 Å². The number of aromatic nitrogens is 4. The van der Waals surface area contributed by atoms with Crippen molar-refractivity contribution < 1.29 is 24.8 Å². The Morgan fingerprint density at radius 1 is 1.38 bits per heavy atom. The summed E-state index contributed by atoms with van der Waals surface area (Å²) in [7, 11) is 1.40. The minimum absolute atomic E-state index is 0.0495. The molecule has 5 N–H and O–H groups in total. The second kappa shape index (κ2) is 5.07. The fraction of sp³-hybridized carbons (Fsp3) is 0.545. The first-order valence-corrected chi connectivity index (χ1v) is 6.23. The van der Waals surface area contributed by atoms with Gasteiger partial charge in [0, 0.05) is 0 Å². The SMILES string of the molecule is COc1nc(N)c2ncn([C@@H]3O[C@H](CO)C(O)[C@@H]3O)c2n1. The number of imidazole rings is 1. The van der Waals surface area contributed by atoms with E-state index in [1.54, 1.807) is 0 Å². The van der Waals surface area contributed by atoms with Crippen molar-refractivity contribution in [1.82, 2.24) is 19.5 Å². The molecule has 3 rings (SSSR count). The number of aliphatic hydroxyl groups is 3. The molecule has 0 bridgehead atoms. The van der Waals surface area contributed by atoms with Gasteiger partial charge in [-0.3, -0.25) is 4.57 Å². The van der Waals surface area contributed by atoms with Crippen LogP contribution in [0.5, 0.6) is 6.01 Å². The summed E-state index contributed by atoms with van der Waals surface area (Å²) < 4.78 is 11.8. The number of rotatable bonds is 3. The molecule has 1 unspecified atom stereocenters. The largest absolute Gasteiger partial charge is 0.467 e. The van der Waals surface area contributed by atoms with E-state index in [2.05, 4.69) is 15.0 Å². The summed E-state index contributed by atoms with van der Waals surface area (Å²) in [6.07, 6.45) is -2.90. The van der Waals surface area contributed by atoms with Gasteiger partial charge in [0.25, 0.3) is 0 Å². The Balaban J connectivity index is 2.07. The molecule has 114 valence electrons. The molecule has 3 heterocycles. The summed E-state index contributed by atoms with van der Waals surface area (Å²) in [4.78, 5) is 12.1. The maximum Gasteiger partial charge on any atom is 0.320 e. The summed E-state index contributed by atoms with van der Waals surface area (Å²) in [5, 5.41) is 29.0. The van der Waals surface area contributed by atoms with Crippen molar-refractivity contribution in [3.8, 4) is 6.01 Å². The van der Waals surface area contributed by atoms with Gasteiger partial charge in [-0.25, -0.2) is 4.98 Å². The van der Waals surface area contributed by atoms with Crippen LogP contribution in [0.15, 0.2) is 6.33 Å². The van der Waals surface area contributed by atoms with Crippen LogP contribution in [0.4, 0.5) is 5.82 Å². The third-order valence-corrected chi connectivity index (χ3v) is 3.40. The number of ether oxygens (including phenoxy) is 2. The summed E-state index contributed by atoms with van der Waals surface area (Å²) >= 11 is 0. The van der Waals surface area contributed by atoms with E-state index in [-0.39, 0.29) is 11.8 Å². The number of nitrogens with zero attached hydrogens (tertiary/aromatic N) is 4. The average Bonchev–Trinajstić information content (AvgIpc) is 3.02. The molecule has 1 saturated heterocycles. The van der Waals surface area contributed by atoms with Crippen molar-refractivity contribution in [1.29, 1.82) is 0 Å². The van der Waals surface area contributed by atoms with Crippen molar-refractivity contribution in [3.63, 3.8) is 0 Å². The van der Waals surface area contributed by atoms with Gasteiger partial charge in [-0.1, -0.05) is 0 Å². The normalized spacial score (nSPS) is 29.1. The van der Waals surface area contributed by atoms with E-state index in [1.165, 1.54) is 18.0 Å². The third-order valence-electron chi connectivity index (χ3n) is 3.40. The minimum Gasteiger partial charge on any atom is -0.467 e. The van der Waals surface area contributed by atoms with Gasteiger partial charge in [0.1, 0.15) is 18.3 Å². The number of hydrogen-bond donors (Lipinski definition) is 4. The van der Waals surface area contributed by atoms with Crippen LogP contribution in [0.1, 0.15) is 6.23 Å². The van der Waals surface area contributed by atoms with E-state index in [9.17, 15) is 10.2 Å². The van der Waals surface area contributed by atoms with Crippen molar-refractivity contribution in [2.24, 2.45) is 0 Å². The third kappa shape index (κ3) is 2.08. The molecule has 1 aliphatic rings. The lowest BCUT2D eigenvalue weighted by Crippen LogP contribution is -2.33. The monoisotopic (exact) mass is 297 g/mol. The van der Waals surface area contributed by atoms with Gasteiger partial charge in [-0.05, 0) is 0 Å². The molecular weight excluding hydrogens is 282 g/mol. The molecule has 0 aliphatic carbocycles. The van der Waals surface area contributed by atoms with E-state index in [0.29, 0.717) is 11.2 Å². The highest BCUT2D eigenvalue weighted by molar-refractivity contribution is 5.82. The minimum atomic E-state index is -1.23. The van der Waals surface area contributed by atoms with Crippen molar-refractivity contribution >= 4 is 17.0 Å². The molecule has 10 heteroatoms. The van der Waals surface area contributed by atoms with Gasteiger partial charge in [0.05, 0.1) is 20.0 Å². The van der Waals surface area contributed by atoms with E-state index in [4.69, 9.17) is 20.3 Å². The summed E-state index contributed by atoms with van der Waals surface area (Å²) in [6, 6.07) is 0.0495. The van der Waals surface area contributed by atoms with Crippen LogP contribution < -0.4 is 10.5 Å². The Morgan fingerprint density at radius 3 is 2.76 bits per heavy atom. The Bertz CT molecular complexity index is 662. The number of aliphatic hydroxyl groups excluding tert-OH is 3. The van der Waals surface area contributed by atoms with E-state index >= 15 is 0 Å². The highest BCUT2D eigenvalue weighted by Crippen LogP contribution is 2.32. The van der Waals surface area contributed by atoms with E-state index in [0.717, 1.165) is 0 Å². The van der Waals surface area contributed by atoms with Crippen LogP contribution in [-0.2, 0) is 4.74 Å². The lowest BCUT2D eigenvalue weighted by molar-refractivity contribution is -0.0511. The first kappa shape index (κ1) is 13.9. The van der Waals surface area contributed by atoms with Gasteiger partial charge < -0.3 is 30.5 Å². The second-order valence-electron chi connectivity index (χ2n) is 4.65. The van der Waals surface area contributed by atoms with Gasteiger partial charge in [-0.2, -0.15) is 9.97 Å². The van der Waals surface area contributed by atoms with Gasteiger partial charge in [0.15, 0.2) is 23.2 Å². The molecule has 0 radical (unpaired) electrons. The molecule has 1 aliphatic heterocycles. The highest BCUT2D eigenvalue weighted by atomic mass is 16.6. The second-order valence-corrected chi connectivity index (χ2v) is 4.65. The van der Waals surface area contributed by atoms with Crippen LogP contribution in [0, 0.1) is 0 Å².